The van der Waals surface area contributed by atoms with Crippen molar-refractivity contribution in [3.05, 3.63) is 53.0 Å². The predicted octanol–water partition coefficient (Wildman–Crippen LogP) is 4.54. The van der Waals surface area contributed by atoms with Gasteiger partial charge in [0.1, 0.15) is 17.5 Å². The molecule has 7 nitrogen and oxygen atoms in total. The lowest BCUT2D eigenvalue weighted by molar-refractivity contribution is 0.543. The highest BCUT2D eigenvalue weighted by atomic mass is 19.1. The molecule has 3 aromatic rings. The SMILES string of the molecule is CC(Nc1nc(Nc2cc(C3CC3)[nH]n2)nc(C2CC2)n1)c1c(F)cccc1F. The number of H-pyrrole nitrogens is 1. The Morgan fingerprint density at radius 3 is 2.38 bits per heavy atom. The molecule has 2 aliphatic rings. The minimum atomic E-state index is -0.648. The molecule has 1 unspecified atom stereocenters. The van der Waals surface area contributed by atoms with Crippen molar-refractivity contribution in [2.24, 2.45) is 0 Å². The molecule has 0 spiro atoms. The molecule has 2 aliphatic carbocycles. The highest BCUT2D eigenvalue weighted by Gasteiger charge is 2.29. The zero-order valence-corrected chi connectivity index (χ0v) is 15.9. The van der Waals surface area contributed by atoms with E-state index < -0.39 is 17.7 Å². The van der Waals surface area contributed by atoms with E-state index in [1.54, 1.807) is 6.92 Å². The first-order valence-corrected chi connectivity index (χ1v) is 9.85. The van der Waals surface area contributed by atoms with Gasteiger partial charge in [-0.25, -0.2) is 8.78 Å². The molecular formula is C20H21F2N7. The van der Waals surface area contributed by atoms with Crippen LogP contribution in [0.15, 0.2) is 24.3 Å². The van der Waals surface area contributed by atoms with E-state index in [0.717, 1.165) is 18.5 Å². The molecule has 1 atom stereocenters. The third kappa shape index (κ3) is 3.90. The van der Waals surface area contributed by atoms with Gasteiger partial charge in [-0.1, -0.05) is 6.07 Å². The zero-order valence-electron chi connectivity index (χ0n) is 15.9. The van der Waals surface area contributed by atoms with Crippen LogP contribution in [0.4, 0.5) is 26.5 Å². The molecule has 2 fully saturated rings. The Kier molecular flexibility index (Phi) is 4.37. The summed E-state index contributed by atoms with van der Waals surface area (Å²) in [6, 6.07) is 5.13. The average Bonchev–Trinajstić information content (AvgIpc) is 3.60. The van der Waals surface area contributed by atoms with E-state index in [4.69, 9.17) is 0 Å². The van der Waals surface area contributed by atoms with Crippen molar-refractivity contribution in [2.75, 3.05) is 10.6 Å². The van der Waals surface area contributed by atoms with Crippen LogP contribution in [0.25, 0.3) is 0 Å². The molecule has 9 heteroatoms. The molecule has 1 aromatic carbocycles. The van der Waals surface area contributed by atoms with Gasteiger partial charge < -0.3 is 10.6 Å². The summed E-state index contributed by atoms with van der Waals surface area (Å²) >= 11 is 0. The Morgan fingerprint density at radius 1 is 1.00 bits per heavy atom. The third-order valence-electron chi connectivity index (χ3n) is 5.23. The van der Waals surface area contributed by atoms with E-state index in [2.05, 4.69) is 35.8 Å². The van der Waals surface area contributed by atoms with Crippen LogP contribution in [-0.4, -0.2) is 25.1 Å². The molecule has 3 N–H and O–H groups in total. The number of halogens is 2. The summed E-state index contributed by atoms with van der Waals surface area (Å²) in [7, 11) is 0. The Hall–Kier alpha value is -3.10. The first-order valence-electron chi connectivity index (χ1n) is 9.85. The predicted molar refractivity (Wildman–Crippen MR) is 104 cm³/mol. The molecule has 5 rings (SSSR count). The molecule has 150 valence electrons. The number of benzene rings is 1. The number of anilines is 3. The van der Waals surface area contributed by atoms with Gasteiger partial charge in [0.25, 0.3) is 0 Å². The van der Waals surface area contributed by atoms with E-state index in [-0.39, 0.29) is 11.5 Å². The second-order valence-electron chi connectivity index (χ2n) is 7.72. The number of nitrogens with zero attached hydrogens (tertiary/aromatic N) is 4. The van der Waals surface area contributed by atoms with Crippen molar-refractivity contribution in [1.82, 2.24) is 25.1 Å². The molecule has 0 aliphatic heterocycles. The number of aromatic amines is 1. The summed E-state index contributed by atoms with van der Waals surface area (Å²) in [5.41, 5.74) is 1.06. The monoisotopic (exact) mass is 397 g/mol. The van der Waals surface area contributed by atoms with E-state index in [1.165, 1.54) is 31.0 Å². The number of nitrogens with one attached hydrogen (secondary N) is 3. The van der Waals surface area contributed by atoms with Crippen molar-refractivity contribution >= 4 is 17.7 Å². The van der Waals surface area contributed by atoms with Gasteiger partial charge in [-0.05, 0) is 44.7 Å². The van der Waals surface area contributed by atoms with Crippen LogP contribution in [-0.2, 0) is 0 Å². The minimum Gasteiger partial charge on any atom is -0.347 e. The number of aromatic nitrogens is 5. The molecule has 0 saturated heterocycles. The smallest absolute Gasteiger partial charge is 0.233 e. The zero-order chi connectivity index (χ0) is 20.0. The molecule has 2 saturated carbocycles. The van der Waals surface area contributed by atoms with Crippen molar-refractivity contribution in [1.29, 1.82) is 0 Å². The first kappa shape index (κ1) is 18.0. The normalized spacial score (nSPS) is 17.2. The van der Waals surface area contributed by atoms with Gasteiger partial charge in [0.15, 0.2) is 5.82 Å². The van der Waals surface area contributed by atoms with Crippen LogP contribution >= 0.6 is 0 Å². The fourth-order valence-corrected chi connectivity index (χ4v) is 3.35. The number of hydrogen-bond donors (Lipinski definition) is 3. The van der Waals surface area contributed by atoms with Gasteiger partial charge in [-0.15, -0.1) is 0 Å². The van der Waals surface area contributed by atoms with Crippen LogP contribution in [0.2, 0.25) is 0 Å². The van der Waals surface area contributed by atoms with Crippen molar-refractivity contribution in [3.63, 3.8) is 0 Å². The fraction of sp³-hybridized carbons (Fsp3) is 0.400. The largest absolute Gasteiger partial charge is 0.347 e. The van der Waals surface area contributed by atoms with Gasteiger partial charge in [0, 0.05) is 29.2 Å². The highest BCUT2D eigenvalue weighted by molar-refractivity contribution is 5.50. The molecule has 2 aromatic heterocycles. The highest BCUT2D eigenvalue weighted by Crippen LogP contribution is 2.40. The van der Waals surface area contributed by atoms with Crippen LogP contribution in [0.5, 0.6) is 0 Å². The second kappa shape index (κ2) is 7.06. The molecule has 29 heavy (non-hydrogen) atoms. The first-order chi connectivity index (χ1) is 14.1. The van der Waals surface area contributed by atoms with E-state index in [9.17, 15) is 8.78 Å². The molecule has 0 bridgehead atoms. The summed E-state index contributed by atoms with van der Waals surface area (Å²) in [6.07, 6.45) is 4.40. The van der Waals surface area contributed by atoms with Crippen molar-refractivity contribution in [3.8, 4) is 0 Å². The molecule has 2 heterocycles. The van der Waals surface area contributed by atoms with Gasteiger partial charge in [0.2, 0.25) is 11.9 Å². The summed E-state index contributed by atoms with van der Waals surface area (Å²) < 4.78 is 28.2. The van der Waals surface area contributed by atoms with Crippen LogP contribution in [0, 0.1) is 11.6 Å². The molecule has 0 amide bonds. The Bertz CT molecular complexity index is 1020. The van der Waals surface area contributed by atoms with Crippen molar-refractivity contribution < 1.29 is 8.78 Å². The quantitative estimate of drug-likeness (QED) is 0.542. The summed E-state index contributed by atoms with van der Waals surface area (Å²) in [5, 5.41) is 13.4. The maximum Gasteiger partial charge on any atom is 0.233 e. The topological polar surface area (TPSA) is 91.4 Å². The number of rotatable bonds is 7. The Labute approximate surface area is 166 Å². The van der Waals surface area contributed by atoms with Crippen LogP contribution in [0.1, 0.15) is 67.6 Å². The van der Waals surface area contributed by atoms with E-state index >= 15 is 0 Å². The van der Waals surface area contributed by atoms with Gasteiger partial charge in [-0.3, -0.25) is 5.10 Å². The molecule has 0 radical (unpaired) electrons. The van der Waals surface area contributed by atoms with Crippen molar-refractivity contribution in [2.45, 2.75) is 50.5 Å². The number of hydrogen-bond acceptors (Lipinski definition) is 6. The van der Waals surface area contributed by atoms with Crippen LogP contribution in [0.3, 0.4) is 0 Å². The minimum absolute atomic E-state index is 0.0447. The van der Waals surface area contributed by atoms with Gasteiger partial charge in [-0.2, -0.15) is 20.1 Å². The summed E-state index contributed by atoms with van der Waals surface area (Å²) in [5.74, 6) is 1.58. The summed E-state index contributed by atoms with van der Waals surface area (Å²) in [4.78, 5) is 13.3. The second-order valence-corrected chi connectivity index (χ2v) is 7.72. The third-order valence-corrected chi connectivity index (χ3v) is 5.23. The van der Waals surface area contributed by atoms with E-state index in [1.807, 2.05) is 6.07 Å². The Morgan fingerprint density at radius 2 is 1.69 bits per heavy atom. The maximum absolute atomic E-state index is 14.1. The lowest BCUT2D eigenvalue weighted by atomic mass is 10.1. The Balaban J connectivity index is 1.40. The average molecular weight is 397 g/mol. The molecular weight excluding hydrogens is 376 g/mol. The summed E-state index contributed by atoms with van der Waals surface area (Å²) in [6.45, 7) is 1.67. The maximum atomic E-state index is 14.1. The van der Waals surface area contributed by atoms with Gasteiger partial charge >= 0.3 is 0 Å². The lowest BCUT2D eigenvalue weighted by Gasteiger charge is -2.16. The van der Waals surface area contributed by atoms with E-state index in [0.29, 0.717) is 29.4 Å². The lowest BCUT2D eigenvalue weighted by Crippen LogP contribution is -2.15. The van der Waals surface area contributed by atoms with Gasteiger partial charge in [0.05, 0.1) is 6.04 Å². The fourth-order valence-electron chi connectivity index (χ4n) is 3.35. The van der Waals surface area contributed by atoms with Crippen LogP contribution < -0.4 is 10.6 Å². The standard InChI is InChI=1S/C20H21F2N7/c1-10(17-13(21)3-2-4-14(17)22)23-19-25-18(12-7-8-12)26-20(27-19)24-16-9-15(28-29-16)11-5-6-11/h2-4,9-12H,5-8H2,1H3,(H3,23,24,25,26,27,28,29).